The summed E-state index contributed by atoms with van der Waals surface area (Å²) in [7, 11) is 0. The second-order valence-corrected chi connectivity index (χ2v) is 5.81. The van der Waals surface area contributed by atoms with Crippen molar-refractivity contribution in [3.05, 3.63) is 35.4 Å². The maximum Gasteiger partial charge on any atom is 0.261 e. The molecule has 0 radical (unpaired) electrons. The van der Waals surface area contributed by atoms with Crippen LogP contribution < -0.4 is 0 Å². The number of hydrogen-bond acceptors (Lipinski definition) is 5. The molecule has 2 aliphatic heterocycles. The smallest absolute Gasteiger partial charge is 0.261 e. The minimum absolute atomic E-state index is 0.121. The molecule has 0 saturated carbocycles. The van der Waals surface area contributed by atoms with E-state index in [0.29, 0.717) is 30.9 Å². The first-order valence-electron chi connectivity index (χ1n) is 8.05. The SMILES string of the molecule is CCN(CC)CC1(CN2C(=O)c3ccccc3C2=O)OCCO1. The van der Waals surface area contributed by atoms with Gasteiger partial charge in [-0.25, -0.2) is 0 Å². The van der Waals surface area contributed by atoms with Gasteiger partial charge in [0.25, 0.3) is 11.8 Å². The minimum Gasteiger partial charge on any atom is -0.345 e. The van der Waals surface area contributed by atoms with Crippen molar-refractivity contribution >= 4 is 11.8 Å². The van der Waals surface area contributed by atoms with Gasteiger partial charge in [-0.1, -0.05) is 26.0 Å². The summed E-state index contributed by atoms with van der Waals surface area (Å²) in [5.74, 6) is -1.48. The molecule has 0 bridgehead atoms. The number of ether oxygens (including phenoxy) is 2. The molecule has 0 spiro atoms. The number of carbonyl (C=O) groups excluding carboxylic acids is 2. The van der Waals surface area contributed by atoms with Gasteiger partial charge < -0.3 is 9.47 Å². The maximum absolute atomic E-state index is 12.5. The number of likely N-dealkylation sites (N-methyl/N-ethyl adjacent to an activating group) is 1. The fraction of sp³-hybridized carbons (Fsp3) is 0.529. The minimum atomic E-state index is -0.931. The quantitative estimate of drug-likeness (QED) is 0.742. The van der Waals surface area contributed by atoms with Gasteiger partial charge in [0.2, 0.25) is 0 Å². The third kappa shape index (κ3) is 2.89. The number of carbonyl (C=O) groups is 2. The summed E-state index contributed by atoms with van der Waals surface area (Å²) in [6.45, 7) is 7.45. The lowest BCUT2D eigenvalue weighted by Crippen LogP contribution is -2.53. The summed E-state index contributed by atoms with van der Waals surface area (Å²) in [6.07, 6.45) is 0. The van der Waals surface area contributed by atoms with Crippen molar-refractivity contribution < 1.29 is 19.1 Å². The fourth-order valence-corrected chi connectivity index (χ4v) is 3.14. The van der Waals surface area contributed by atoms with Crippen LogP contribution in [0.2, 0.25) is 0 Å². The summed E-state index contributed by atoms with van der Waals surface area (Å²) in [5.41, 5.74) is 0.905. The van der Waals surface area contributed by atoms with E-state index in [4.69, 9.17) is 9.47 Å². The van der Waals surface area contributed by atoms with Gasteiger partial charge in [-0.3, -0.25) is 19.4 Å². The van der Waals surface area contributed by atoms with Gasteiger partial charge >= 0.3 is 0 Å². The Hall–Kier alpha value is -1.76. The van der Waals surface area contributed by atoms with Crippen LogP contribution in [0.25, 0.3) is 0 Å². The van der Waals surface area contributed by atoms with Crippen molar-refractivity contribution in [1.82, 2.24) is 9.80 Å². The van der Waals surface area contributed by atoms with Crippen molar-refractivity contribution in [3.63, 3.8) is 0 Å². The first-order chi connectivity index (χ1) is 11.1. The maximum atomic E-state index is 12.5. The van der Waals surface area contributed by atoms with E-state index in [0.717, 1.165) is 13.1 Å². The molecule has 2 amide bonds. The van der Waals surface area contributed by atoms with Gasteiger partial charge in [0, 0.05) is 0 Å². The first kappa shape index (κ1) is 16.1. The highest BCUT2D eigenvalue weighted by Gasteiger charge is 2.45. The largest absolute Gasteiger partial charge is 0.345 e. The van der Waals surface area contributed by atoms with Gasteiger partial charge in [0.15, 0.2) is 5.79 Å². The third-order valence-electron chi connectivity index (χ3n) is 4.45. The van der Waals surface area contributed by atoms with E-state index in [9.17, 15) is 9.59 Å². The van der Waals surface area contributed by atoms with Crippen LogP contribution in [0, 0.1) is 0 Å². The Labute approximate surface area is 136 Å². The predicted octanol–water partition coefficient (Wildman–Crippen LogP) is 1.37. The average molecular weight is 318 g/mol. The van der Waals surface area contributed by atoms with E-state index in [1.807, 2.05) is 0 Å². The van der Waals surface area contributed by atoms with Crippen LogP contribution in [0.1, 0.15) is 34.6 Å². The Morgan fingerprint density at radius 2 is 1.57 bits per heavy atom. The standard InChI is InChI=1S/C17H22N2O4/c1-3-18(4-2)11-17(22-9-10-23-17)12-19-15(20)13-7-5-6-8-14(13)16(19)21/h5-8H,3-4,9-12H2,1-2H3. The molecule has 0 aliphatic carbocycles. The van der Waals surface area contributed by atoms with Crippen molar-refractivity contribution in [2.75, 3.05) is 39.4 Å². The van der Waals surface area contributed by atoms with E-state index >= 15 is 0 Å². The molecule has 3 rings (SSSR count). The highest BCUT2D eigenvalue weighted by Crippen LogP contribution is 2.28. The van der Waals surface area contributed by atoms with Crippen LogP contribution in [0.3, 0.4) is 0 Å². The molecule has 0 N–H and O–H groups in total. The Kier molecular flexibility index (Phi) is 4.48. The number of fused-ring (bicyclic) bond motifs is 1. The average Bonchev–Trinajstić information content (AvgIpc) is 3.13. The molecule has 6 heteroatoms. The molecule has 0 aromatic heterocycles. The molecule has 2 aliphatic rings. The number of imide groups is 1. The Bertz CT molecular complexity index is 571. The topological polar surface area (TPSA) is 59.1 Å². The number of benzene rings is 1. The highest BCUT2D eigenvalue weighted by molar-refractivity contribution is 6.21. The molecule has 124 valence electrons. The van der Waals surface area contributed by atoms with E-state index in [-0.39, 0.29) is 18.4 Å². The molecular formula is C17H22N2O4. The van der Waals surface area contributed by atoms with Crippen LogP contribution in [0.5, 0.6) is 0 Å². The Morgan fingerprint density at radius 1 is 1.04 bits per heavy atom. The summed E-state index contributed by atoms with van der Waals surface area (Å²) in [5, 5.41) is 0. The lowest BCUT2D eigenvalue weighted by molar-refractivity contribution is -0.174. The number of nitrogens with zero attached hydrogens (tertiary/aromatic N) is 2. The summed E-state index contributed by atoms with van der Waals surface area (Å²) >= 11 is 0. The third-order valence-corrected chi connectivity index (χ3v) is 4.45. The van der Waals surface area contributed by atoms with E-state index < -0.39 is 5.79 Å². The van der Waals surface area contributed by atoms with Crippen LogP contribution in [-0.4, -0.2) is 66.8 Å². The van der Waals surface area contributed by atoms with E-state index in [2.05, 4.69) is 18.7 Å². The number of amides is 2. The molecule has 0 atom stereocenters. The van der Waals surface area contributed by atoms with Crippen LogP contribution in [0.15, 0.2) is 24.3 Å². The monoisotopic (exact) mass is 318 g/mol. The second kappa shape index (κ2) is 6.39. The van der Waals surface area contributed by atoms with Crippen molar-refractivity contribution in [1.29, 1.82) is 0 Å². The zero-order valence-electron chi connectivity index (χ0n) is 13.6. The van der Waals surface area contributed by atoms with Crippen molar-refractivity contribution in [3.8, 4) is 0 Å². The second-order valence-electron chi connectivity index (χ2n) is 5.81. The van der Waals surface area contributed by atoms with Crippen molar-refractivity contribution in [2.45, 2.75) is 19.6 Å². The predicted molar refractivity (Wildman–Crippen MR) is 84.2 cm³/mol. The molecular weight excluding hydrogens is 296 g/mol. The lowest BCUT2D eigenvalue weighted by atomic mass is 10.1. The number of rotatable bonds is 6. The van der Waals surface area contributed by atoms with Crippen molar-refractivity contribution in [2.24, 2.45) is 0 Å². The number of hydrogen-bond donors (Lipinski definition) is 0. The van der Waals surface area contributed by atoms with Crippen LogP contribution in [0.4, 0.5) is 0 Å². The highest BCUT2D eigenvalue weighted by atomic mass is 16.7. The molecule has 1 aromatic rings. The fourth-order valence-electron chi connectivity index (χ4n) is 3.14. The van der Waals surface area contributed by atoms with E-state index in [1.165, 1.54) is 4.90 Å². The molecule has 0 unspecified atom stereocenters. The summed E-state index contributed by atoms with van der Waals surface area (Å²) < 4.78 is 11.6. The summed E-state index contributed by atoms with van der Waals surface area (Å²) in [6, 6.07) is 6.90. The molecule has 1 fully saturated rings. The molecule has 2 heterocycles. The van der Waals surface area contributed by atoms with Gasteiger partial charge in [0.1, 0.15) is 0 Å². The van der Waals surface area contributed by atoms with E-state index in [1.54, 1.807) is 24.3 Å². The molecule has 1 aromatic carbocycles. The van der Waals surface area contributed by atoms with Crippen LogP contribution >= 0.6 is 0 Å². The van der Waals surface area contributed by atoms with Gasteiger partial charge in [-0.15, -0.1) is 0 Å². The molecule has 1 saturated heterocycles. The lowest BCUT2D eigenvalue weighted by Gasteiger charge is -2.35. The normalized spacial score (nSPS) is 19.7. The molecule has 23 heavy (non-hydrogen) atoms. The van der Waals surface area contributed by atoms with Gasteiger partial charge in [-0.05, 0) is 25.2 Å². The van der Waals surface area contributed by atoms with Crippen LogP contribution in [-0.2, 0) is 9.47 Å². The zero-order chi connectivity index (χ0) is 16.4. The first-order valence-corrected chi connectivity index (χ1v) is 8.05. The Balaban J connectivity index is 1.82. The molecule has 6 nitrogen and oxygen atoms in total. The van der Waals surface area contributed by atoms with Gasteiger partial charge in [0.05, 0.1) is 37.4 Å². The Morgan fingerprint density at radius 3 is 2.04 bits per heavy atom. The summed E-state index contributed by atoms with van der Waals surface area (Å²) in [4.78, 5) is 28.5. The van der Waals surface area contributed by atoms with Gasteiger partial charge in [-0.2, -0.15) is 0 Å². The zero-order valence-corrected chi connectivity index (χ0v) is 13.6.